The fourth-order valence-electron chi connectivity index (χ4n) is 2.15. The van der Waals surface area contributed by atoms with E-state index >= 15 is 0 Å². The smallest absolute Gasteiger partial charge is 0.235 e. The van der Waals surface area contributed by atoms with Gasteiger partial charge in [-0.2, -0.15) is 0 Å². The Morgan fingerprint density at radius 2 is 2.06 bits per heavy atom. The molecule has 0 aliphatic carbocycles. The zero-order valence-corrected chi connectivity index (χ0v) is 10.5. The van der Waals surface area contributed by atoms with E-state index in [1.54, 1.807) is 0 Å². The van der Waals surface area contributed by atoms with Crippen LogP contribution >= 0.6 is 0 Å². The standard InChI is InChI=1S/C12H17NO3S/c14-9-4-10-17(15,16)13-8-3-6-11-5-1-2-7-12(11)13/h1-2,5,7,14H,3-4,6,8-10H2. The van der Waals surface area contributed by atoms with Crippen LogP contribution in [0.15, 0.2) is 24.3 Å². The Kier molecular flexibility index (Phi) is 3.69. The largest absolute Gasteiger partial charge is 0.396 e. The number of fused-ring (bicyclic) bond motifs is 1. The lowest BCUT2D eigenvalue weighted by Gasteiger charge is -2.30. The van der Waals surface area contributed by atoms with E-state index in [0.29, 0.717) is 13.0 Å². The number of aryl methyl sites for hydroxylation is 1. The topological polar surface area (TPSA) is 57.6 Å². The van der Waals surface area contributed by atoms with Crippen LogP contribution < -0.4 is 4.31 Å². The lowest BCUT2D eigenvalue weighted by Crippen LogP contribution is -2.37. The summed E-state index contributed by atoms with van der Waals surface area (Å²) in [6.45, 7) is 0.458. The van der Waals surface area contributed by atoms with Crippen LogP contribution in [0.2, 0.25) is 0 Å². The Hall–Kier alpha value is -1.07. The van der Waals surface area contributed by atoms with Gasteiger partial charge in [0.05, 0.1) is 11.4 Å². The Morgan fingerprint density at radius 3 is 2.82 bits per heavy atom. The van der Waals surface area contributed by atoms with Gasteiger partial charge in [-0.05, 0) is 30.9 Å². The van der Waals surface area contributed by atoms with Crippen molar-refractivity contribution in [1.29, 1.82) is 0 Å². The number of nitrogens with zero attached hydrogens (tertiary/aromatic N) is 1. The number of benzene rings is 1. The predicted octanol–water partition coefficient (Wildman–Crippen LogP) is 1.15. The minimum Gasteiger partial charge on any atom is -0.396 e. The molecule has 0 bridgehead atoms. The summed E-state index contributed by atoms with van der Waals surface area (Å²) in [4.78, 5) is 0. The molecule has 5 heteroatoms. The highest BCUT2D eigenvalue weighted by Gasteiger charge is 2.26. The summed E-state index contributed by atoms with van der Waals surface area (Å²) in [5.74, 6) is 0.0117. The van der Waals surface area contributed by atoms with Crippen molar-refractivity contribution >= 4 is 15.7 Å². The van der Waals surface area contributed by atoms with Gasteiger partial charge in [0.25, 0.3) is 0 Å². The van der Waals surface area contributed by atoms with Crippen molar-refractivity contribution in [1.82, 2.24) is 0 Å². The molecule has 1 heterocycles. The molecular weight excluding hydrogens is 238 g/mol. The van der Waals surface area contributed by atoms with E-state index in [4.69, 9.17) is 5.11 Å². The maximum absolute atomic E-state index is 12.1. The number of sulfonamides is 1. The molecule has 0 radical (unpaired) electrons. The monoisotopic (exact) mass is 255 g/mol. The second kappa shape index (κ2) is 5.06. The zero-order valence-electron chi connectivity index (χ0n) is 9.67. The van der Waals surface area contributed by atoms with Gasteiger partial charge in [0.1, 0.15) is 0 Å². The third-order valence-corrected chi connectivity index (χ3v) is 4.82. The number of hydrogen-bond donors (Lipinski definition) is 1. The summed E-state index contributed by atoms with van der Waals surface area (Å²) >= 11 is 0. The molecule has 0 atom stereocenters. The first-order valence-electron chi connectivity index (χ1n) is 5.84. The Morgan fingerprint density at radius 1 is 1.29 bits per heavy atom. The van der Waals surface area contributed by atoms with Crippen LogP contribution in [-0.4, -0.2) is 32.4 Å². The number of para-hydroxylation sites is 1. The molecule has 1 N–H and O–H groups in total. The lowest BCUT2D eigenvalue weighted by molar-refractivity contribution is 0.295. The highest BCUT2D eigenvalue weighted by Crippen LogP contribution is 2.29. The Bertz CT molecular complexity index is 484. The average Bonchev–Trinajstić information content (AvgIpc) is 2.36. The number of hydrogen-bond acceptors (Lipinski definition) is 3. The minimum absolute atomic E-state index is 0.0117. The fraction of sp³-hybridized carbons (Fsp3) is 0.500. The van der Waals surface area contributed by atoms with Gasteiger partial charge in [-0.3, -0.25) is 4.31 Å². The summed E-state index contributed by atoms with van der Waals surface area (Å²) in [6.07, 6.45) is 2.08. The molecule has 17 heavy (non-hydrogen) atoms. The number of aliphatic hydroxyl groups excluding tert-OH is 1. The van der Waals surface area contributed by atoms with E-state index in [0.717, 1.165) is 24.1 Å². The van der Waals surface area contributed by atoms with Crippen LogP contribution in [0, 0.1) is 0 Å². The number of rotatable bonds is 4. The lowest BCUT2D eigenvalue weighted by atomic mass is 10.0. The van der Waals surface area contributed by atoms with Gasteiger partial charge in [-0.15, -0.1) is 0 Å². The Labute approximate surface area is 102 Å². The summed E-state index contributed by atoms with van der Waals surface area (Å²) in [5.41, 5.74) is 1.89. The van der Waals surface area contributed by atoms with Crippen molar-refractivity contribution in [3.8, 4) is 0 Å². The molecule has 2 rings (SSSR count). The first kappa shape index (κ1) is 12.4. The minimum atomic E-state index is -3.29. The van der Waals surface area contributed by atoms with Crippen molar-refractivity contribution in [2.75, 3.05) is 23.2 Å². The Balaban J connectivity index is 2.29. The van der Waals surface area contributed by atoms with Crippen LogP contribution in [0.4, 0.5) is 5.69 Å². The SMILES string of the molecule is O=S(=O)(CCCO)N1CCCc2ccccc21. The van der Waals surface area contributed by atoms with Crippen LogP contribution in [0.25, 0.3) is 0 Å². The molecule has 1 aliphatic heterocycles. The van der Waals surface area contributed by atoms with Crippen molar-refractivity contribution in [2.24, 2.45) is 0 Å². The van der Waals surface area contributed by atoms with Crippen LogP contribution in [-0.2, 0) is 16.4 Å². The van der Waals surface area contributed by atoms with Crippen LogP contribution in [0.1, 0.15) is 18.4 Å². The molecule has 0 saturated heterocycles. The van der Waals surface area contributed by atoms with Crippen LogP contribution in [0.5, 0.6) is 0 Å². The molecular formula is C12H17NO3S. The van der Waals surface area contributed by atoms with Gasteiger partial charge in [0.2, 0.25) is 10.0 Å². The third kappa shape index (κ3) is 2.61. The summed E-state index contributed by atoms with van der Waals surface area (Å²) in [5, 5.41) is 8.74. The third-order valence-electron chi connectivity index (χ3n) is 2.96. The first-order valence-corrected chi connectivity index (χ1v) is 7.45. The quantitative estimate of drug-likeness (QED) is 0.878. The maximum atomic E-state index is 12.1. The molecule has 94 valence electrons. The number of aliphatic hydroxyl groups is 1. The van der Waals surface area contributed by atoms with Crippen molar-refractivity contribution in [3.05, 3.63) is 29.8 Å². The van der Waals surface area contributed by atoms with E-state index in [1.807, 2.05) is 24.3 Å². The van der Waals surface area contributed by atoms with Gasteiger partial charge in [0.15, 0.2) is 0 Å². The molecule has 0 spiro atoms. The molecule has 0 unspecified atom stereocenters. The molecule has 4 nitrogen and oxygen atoms in total. The highest BCUT2D eigenvalue weighted by atomic mass is 32.2. The van der Waals surface area contributed by atoms with E-state index in [2.05, 4.69) is 0 Å². The van der Waals surface area contributed by atoms with Gasteiger partial charge < -0.3 is 5.11 Å². The summed E-state index contributed by atoms with van der Waals surface area (Å²) in [6, 6.07) is 7.62. The van der Waals surface area contributed by atoms with Gasteiger partial charge >= 0.3 is 0 Å². The predicted molar refractivity (Wildman–Crippen MR) is 67.6 cm³/mol. The van der Waals surface area contributed by atoms with E-state index in [1.165, 1.54) is 4.31 Å². The molecule has 1 aromatic carbocycles. The number of anilines is 1. The molecule has 1 aromatic rings. The van der Waals surface area contributed by atoms with E-state index in [9.17, 15) is 8.42 Å². The van der Waals surface area contributed by atoms with Gasteiger partial charge in [-0.25, -0.2) is 8.42 Å². The molecule has 0 fully saturated rings. The summed E-state index contributed by atoms with van der Waals surface area (Å²) < 4.78 is 25.7. The zero-order chi connectivity index (χ0) is 12.3. The van der Waals surface area contributed by atoms with Crippen LogP contribution in [0.3, 0.4) is 0 Å². The maximum Gasteiger partial charge on any atom is 0.235 e. The van der Waals surface area contributed by atoms with E-state index in [-0.39, 0.29) is 12.4 Å². The van der Waals surface area contributed by atoms with Gasteiger partial charge in [0, 0.05) is 13.2 Å². The average molecular weight is 255 g/mol. The normalized spacial score (nSPS) is 15.7. The second-order valence-corrected chi connectivity index (χ2v) is 6.21. The van der Waals surface area contributed by atoms with Gasteiger partial charge in [-0.1, -0.05) is 18.2 Å². The van der Waals surface area contributed by atoms with Crippen molar-refractivity contribution in [2.45, 2.75) is 19.3 Å². The highest BCUT2D eigenvalue weighted by molar-refractivity contribution is 7.92. The second-order valence-electron chi connectivity index (χ2n) is 4.20. The van der Waals surface area contributed by atoms with Crippen molar-refractivity contribution in [3.63, 3.8) is 0 Å². The molecule has 0 amide bonds. The first-order chi connectivity index (χ1) is 8.15. The van der Waals surface area contributed by atoms with E-state index < -0.39 is 10.0 Å². The fourth-order valence-corrected chi connectivity index (χ4v) is 3.74. The molecule has 0 saturated carbocycles. The molecule has 1 aliphatic rings. The van der Waals surface area contributed by atoms with Crippen molar-refractivity contribution < 1.29 is 13.5 Å². The molecule has 0 aromatic heterocycles. The summed E-state index contributed by atoms with van der Waals surface area (Å²) in [7, 11) is -3.29.